The number of nitrogens with zero attached hydrogens (tertiary/aromatic N) is 3. The Morgan fingerprint density at radius 3 is 2.59 bits per heavy atom. The van der Waals surface area contributed by atoms with Gasteiger partial charge >= 0.3 is 0 Å². The lowest BCUT2D eigenvalue weighted by Crippen LogP contribution is -2.69. The van der Waals surface area contributed by atoms with Gasteiger partial charge in [-0.1, -0.05) is 36.9 Å². The van der Waals surface area contributed by atoms with Crippen LogP contribution in [0.25, 0.3) is 0 Å². The number of hydrogen-bond acceptors (Lipinski definition) is 4. The van der Waals surface area contributed by atoms with Crippen LogP contribution < -0.4 is 0 Å². The number of fused-ring (bicyclic) bond motifs is 1. The Balaban J connectivity index is 1.36. The summed E-state index contributed by atoms with van der Waals surface area (Å²) in [5, 5.41) is 0. The van der Waals surface area contributed by atoms with Gasteiger partial charge in [0.1, 0.15) is 5.54 Å². The van der Waals surface area contributed by atoms with E-state index in [1.807, 2.05) is 0 Å². The average Bonchev–Trinajstić information content (AvgIpc) is 3.44. The normalized spacial score (nSPS) is 29.7. The number of piperazine rings is 1. The van der Waals surface area contributed by atoms with Gasteiger partial charge in [-0.05, 0) is 44.1 Å². The van der Waals surface area contributed by atoms with Crippen LogP contribution in [-0.4, -0.2) is 71.1 Å². The Morgan fingerprint density at radius 2 is 1.86 bits per heavy atom. The fraction of sp³-hybridized carbons (Fsp3) is 0.625. The number of amides is 1. The number of carbonyl (C=O) groups is 1. The fourth-order valence-corrected chi connectivity index (χ4v) is 5.88. The summed E-state index contributed by atoms with van der Waals surface area (Å²) in [5.41, 5.74) is 2.09. The maximum atomic E-state index is 13.8. The number of piperidine rings is 1. The van der Waals surface area contributed by atoms with Crippen LogP contribution in [0.15, 0.2) is 42.6 Å². The van der Waals surface area contributed by atoms with Gasteiger partial charge in [0, 0.05) is 45.0 Å². The Bertz CT molecular complexity index is 751. The molecule has 1 aromatic rings. The van der Waals surface area contributed by atoms with E-state index in [1.165, 1.54) is 5.56 Å². The molecule has 156 valence electrons. The van der Waals surface area contributed by atoms with Crippen LogP contribution in [0.1, 0.15) is 44.1 Å². The lowest BCUT2D eigenvalue weighted by molar-refractivity contribution is -0.155. The first-order valence-corrected chi connectivity index (χ1v) is 11.3. The minimum atomic E-state index is -0.420. The average molecular weight is 396 g/mol. The zero-order valence-corrected chi connectivity index (χ0v) is 17.4. The molecule has 1 amide bonds. The smallest absolute Gasteiger partial charge is 0.249 e. The van der Waals surface area contributed by atoms with Crippen molar-refractivity contribution in [3.63, 3.8) is 0 Å². The van der Waals surface area contributed by atoms with Crippen LogP contribution in [0, 0.1) is 0 Å². The number of hydrogen-bond donors (Lipinski definition) is 0. The molecule has 0 bridgehead atoms. The summed E-state index contributed by atoms with van der Waals surface area (Å²) < 4.78 is 5.97. The number of likely N-dealkylation sites (tertiary alicyclic amines) is 1. The highest BCUT2D eigenvalue weighted by molar-refractivity contribution is 5.89. The van der Waals surface area contributed by atoms with Crippen LogP contribution in [0.2, 0.25) is 0 Å². The molecule has 0 radical (unpaired) electrons. The number of ether oxygens (including phenoxy) is 1. The first-order chi connectivity index (χ1) is 14.2. The van der Waals surface area contributed by atoms with Gasteiger partial charge < -0.3 is 14.5 Å². The molecule has 2 unspecified atom stereocenters. The highest BCUT2D eigenvalue weighted by atomic mass is 16.5. The lowest BCUT2D eigenvalue weighted by Gasteiger charge is -2.56. The molecule has 0 aliphatic carbocycles. The number of carbonyl (C=O) groups excluding carboxylic acids is 1. The zero-order chi connectivity index (χ0) is 19.8. The van der Waals surface area contributed by atoms with Crippen molar-refractivity contribution in [1.29, 1.82) is 0 Å². The molecule has 5 nitrogen and oxygen atoms in total. The van der Waals surface area contributed by atoms with Crippen molar-refractivity contribution in [3.8, 4) is 0 Å². The number of rotatable bonds is 4. The minimum absolute atomic E-state index is 0.205. The van der Waals surface area contributed by atoms with E-state index in [1.54, 1.807) is 0 Å². The molecule has 4 fully saturated rings. The standard InChI is InChI=1S/C24H33N3O2/c1-19-22-10-5-13-26(22)23(28)24(27(19)18-21-9-6-16-29-21)11-14-25(15-12-24)17-20-7-3-2-4-8-20/h2-4,7-8,21-22H,1,5-6,9-18H2. The van der Waals surface area contributed by atoms with Crippen molar-refractivity contribution in [2.45, 2.75) is 62.8 Å². The molecular formula is C24H33N3O2. The SMILES string of the molecule is C=C1C2CCCN2C(=O)C2(CCN(Cc3ccccc3)CC2)N1CC1CCCO1. The molecule has 4 aliphatic rings. The molecule has 1 aromatic carbocycles. The summed E-state index contributed by atoms with van der Waals surface area (Å²) in [6.07, 6.45) is 6.39. The molecule has 1 spiro atoms. The quantitative estimate of drug-likeness (QED) is 0.785. The van der Waals surface area contributed by atoms with E-state index in [2.05, 4.69) is 51.6 Å². The molecule has 4 heterocycles. The second-order valence-electron chi connectivity index (χ2n) is 9.19. The molecular weight excluding hydrogens is 362 g/mol. The third-order valence-corrected chi connectivity index (χ3v) is 7.50. The molecule has 4 aliphatic heterocycles. The Hall–Kier alpha value is -1.85. The van der Waals surface area contributed by atoms with Gasteiger partial charge in [-0.3, -0.25) is 9.69 Å². The second kappa shape index (κ2) is 7.77. The van der Waals surface area contributed by atoms with E-state index in [0.717, 1.165) is 83.6 Å². The van der Waals surface area contributed by atoms with Crippen molar-refractivity contribution >= 4 is 5.91 Å². The first kappa shape index (κ1) is 19.1. The van der Waals surface area contributed by atoms with E-state index >= 15 is 0 Å². The van der Waals surface area contributed by atoms with Crippen molar-refractivity contribution < 1.29 is 9.53 Å². The third-order valence-electron chi connectivity index (χ3n) is 7.50. The van der Waals surface area contributed by atoms with Crippen LogP contribution in [0.4, 0.5) is 0 Å². The van der Waals surface area contributed by atoms with Crippen molar-refractivity contribution in [3.05, 3.63) is 48.2 Å². The van der Waals surface area contributed by atoms with Gasteiger partial charge in [0.15, 0.2) is 0 Å². The van der Waals surface area contributed by atoms with Gasteiger partial charge in [0.2, 0.25) is 5.91 Å². The summed E-state index contributed by atoms with van der Waals surface area (Å²) in [6, 6.07) is 10.9. The van der Waals surface area contributed by atoms with Crippen molar-refractivity contribution in [2.24, 2.45) is 0 Å². The maximum absolute atomic E-state index is 13.8. The fourth-order valence-electron chi connectivity index (χ4n) is 5.88. The van der Waals surface area contributed by atoms with Crippen LogP contribution in [0.5, 0.6) is 0 Å². The van der Waals surface area contributed by atoms with Crippen LogP contribution in [-0.2, 0) is 16.1 Å². The largest absolute Gasteiger partial charge is 0.376 e. The molecule has 0 N–H and O–H groups in total. The second-order valence-corrected chi connectivity index (χ2v) is 9.19. The predicted molar refractivity (Wildman–Crippen MR) is 113 cm³/mol. The topological polar surface area (TPSA) is 36.0 Å². The summed E-state index contributed by atoms with van der Waals surface area (Å²) in [4.78, 5) is 20.8. The molecule has 5 rings (SSSR count). The molecule has 5 heteroatoms. The molecule has 29 heavy (non-hydrogen) atoms. The summed E-state index contributed by atoms with van der Waals surface area (Å²) >= 11 is 0. The van der Waals surface area contributed by atoms with Crippen LogP contribution >= 0.6 is 0 Å². The molecule has 0 aromatic heterocycles. The number of benzene rings is 1. The van der Waals surface area contributed by atoms with E-state index < -0.39 is 5.54 Å². The van der Waals surface area contributed by atoms with Gasteiger partial charge in [-0.2, -0.15) is 0 Å². The highest BCUT2D eigenvalue weighted by Gasteiger charge is 2.55. The van der Waals surface area contributed by atoms with Gasteiger partial charge in [-0.25, -0.2) is 0 Å². The monoisotopic (exact) mass is 395 g/mol. The Morgan fingerprint density at radius 1 is 1.07 bits per heavy atom. The van der Waals surface area contributed by atoms with E-state index in [-0.39, 0.29) is 12.1 Å². The maximum Gasteiger partial charge on any atom is 0.249 e. The van der Waals surface area contributed by atoms with Crippen LogP contribution in [0.3, 0.4) is 0 Å². The highest BCUT2D eigenvalue weighted by Crippen LogP contribution is 2.43. The van der Waals surface area contributed by atoms with Gasteiger partial charge in [-0.15, -0.1) is 0 Å². The summed E-state index contributed by atoms with van der Waals surface area (Å²) in [5.74, 6) is 0.352. The summed E-state index contributed by atoms with van der Waals surface area (Å²) in [7, 11) is 0. The molecule has 2 atom stereocenters. The van der Waals surface area contributed by atoms with Gasteiger partial charge in [0.05, 0.1) is 12.1 Å². The van der Waals surface area contributed by atoms with E-state index in [9.17, 15) is 4.79 Å². The lowest BCUT2D eigenvalue weighted by atomic mass is 9.80. The minimum Gasteiger partial charge on any atom is -0.376 e. The zero-order valence-electron chi connectivity index (χ0n) is 17.4. The Labute approximate surface area is 174 Å². The molecule has 4 saturated heterocycles. The first-order valence-electron chi connectivity index (χ1n) is 11.3. The van der Waals surface area contributed by atoms with E-state index in [0.29, 0.717) is 5.91 Å². The predicted octanol–water partition coefficient (Wildman–Crippen LogP) is 3.02. The van der Waals surface area contributed by atoms with Crippen molar-refractivity contribution in [2.75, 3.05) is 32.8 Å². The van der Waals surface area contributed by atoms with Crippen molar-refractivity contribution in [1.82, 2.24) is 14.7 Å². The molecule has 0 saturated carbocycles. The summed E-state index contributed by atoms with van der Waals surface area (Å²) in [6.45, 7) is 9.96. The van der Waals surface area contributed by atoms with Gasteiger partial charge in [0.25, 0.3) is 0 Å². The Kier molecular flexibility index (Phi) is 5.12. The third kappa shape index (κ3) is 3.38. The van der Waals surface area contributed by atoms with E-state index in [4.69, 9.17) is 4.74 Å².